The summed E-state index contributed by atoms with van der Waals surface area (Å²) in [6.45, 7) is 6.87. The van der Waals surface area contributed by atoms with Crippen LogP contribution in [0.4, 0.5) is 5.95 Å². The third-order valence-electron chi connectivity index (χ3n) is 5.98. The molecule has 1 aliphatic heterocycles. The number of halogens is 1. The Morgan fingerprint density at radius 1 is 1.25 bits per heavy atom. The van der Waals surface area contributed by atoms with Crippen LogP contribution in [0.1, 0.15) is 18.9 Å². The number of benzene rings is 1. The molecule has 1 aromatic carbocycles. The minimum absolute atomic E-state index is 0.124. The Hall–Kier alpha value is -2.84. The fourth-order valence-corrected chi connectivity index (χ4v) is 4.36. The zero-order valence-electron chi connectivity index (χ0n) is 18.7. The molecule has 0 spiro atoms. The first kappa shape index (κ1) is 22.4. The number of methoxy groups -OCH3 is 1. The molecular formula is C23H29ClN6O2. The van der Waals surface area contributed by atoms with Gasteiger partial charge in [-0.25, -0.2) is 4.98 Å². The van der Waals surface area contributed by atoms with E-state index in [2.05, 4.69) is 31.6 Å². The molecule has 1 saturated heterocycles. The number of anilines is 1. The summed E-state index contributed by atoms with van der Waals surface area (Å²) in [5.74, 6) is 2.67. The largest absolute Gasteiger partial charge is 0.504 e. The Kier molecular flexibility index (Phi) is 6.81. The summed E-state index contributed by atoms with van der Waals surface area (Å²) in [4.78, 5) is 8.75. The maximum atomic E-state index is 10.1. The zero-order chi connectivity index (χ0) is 22.7. The molecule has 0 aliphatic carbocycles. The summed E-state index contributed by atoms with van der Waals surface area (Å²) in [6, 6.07) is 9.12. The predicted molar refractivity (Wildman–Crippen MR) is 125 cm³/mol. The SMILES string of the molecule is CCN1CCC(Cn2c(-c3ccc(Cl)nc3)nnc2N(C)Cc2ccc(OC)c(O)c2)C1. The maximum Gasteiger partial charge on any atom is 0.227 e. The van der Waals surface area contributed by atoms with Gasteiger partial charge in [-0.2, -0.15) is 0 Å². The standard InChI is InChI=1S/C23H29ClN6O2/c1-4-29-10-9-17(14-29)15-30-22(18-6-8-21(24)25-12-18)26-27-23(30)28(2)13-16-5-7-20(32-3)19(31)11-16/h5-8,11-12,17,31H,4,9-10,13-15H2,1-3H3. The minimum atomic E-state index is 0.124. The second kappa shape index (κ2) is 9.75. The van der Waals surface area contributed by atoms with E-state index in [-0.39, 0.29) is 5.75 Å². The normalized spacial score (nSPS) is 16.4. The van der Waals surface area contributed by atoms with Crippen LogP contribution in [-0.2, 0) is 13.1 Å². The third-order valence-corrected chi connectivity index (χ3v) is 6.20. The number of pyridine rings is 1. The summed E-state index contributed by atoms with van der Waals surface area (Å²) in [7, 11) is 3.53. The zero-order valence-corrected chi connectivity index (χ0v) is 19.5. The van der Waals surface area contributed by atoms with Crippen LogP contribution in [-0.4, -0.2) is 63.5 Å². The van der Waals surface area contributed by atoms with Crippen LogP contribution < -0.4 is 9.64 Å². The molecule has 32 heavy (non-hydrogen) atoms. The first-order chi connectivity index (χ1) is 15.5. The smallest absolute Gasteiger partial charge is 0.227 e. The molecule has 1 unspecified atom stereocenters. The van der Waals surface area contributed by atoms with Gasteiger partial charge in [-0.15, -0.1) is 10.2 Å². The molecule has 2 aromatic heterocycles. The molecule has 3 aromatic rings. The highest BCUT2D eigenvalue weighted by Gasteiger charge is 2.26. The predicted octanol–water partition coefficient (Wildman–Crippen LogP) is 3.69. The molecule has 1 N–H and O–H groups in total. The molecule has 0 bridgehead atoms. The summed E-state index contributed by atoms with van der Waals surface area (Å²) in [6.07, 6.45) is 2.89. The van der Waals surface area contributed by atoms with Gasteiger partial charge in [-0.3, -0.25) is 4.57 Å². The lowest BCUT2D eigenvalue weighted by molar-refractivity contribution is 0.333. The van der Waals surface area contributed by atoms with Crippen molar-refractivity contribution in [1.29, 1.82) is 0 Å². The third kappa shape index (κ3) is 4.81. The van der Waals surface area contributed by atoms with Crippen molar-refractivity contribution in [2.75, 3.05) is 38.7 Å². The molecule has 9 heteroatoms. The Morgan fingerprint density at radius 3 is 2.75 bits per heavy atom. The van der Waals surface area contributed by atoms with Gasteiger partial charge in [0.2, 0.25) is 5.95 Å². The molecule has 4 rings (SSSR count). The van der Waals surface area contributed by atoms with E-state index in [1.165, 1.54) is 0 Å². The van der Waals surface area contributed by atoms with E-state index in [0.29, 0.717) is 23.4 Å². The fourth-order valence-electron chi connectivity index (χ4n) is 4.25. The van der Waals surface area contributed by atoms with Crippen LogP contribution in [0.25, 0.3) is 11.4 Å². The highest BCUT2D eigenvalue weighted by Crippen LogP contribution is 2.29. The number of hydrogen-bond donors (Lipinski definition) is 1. The second-order valence-corrected chi connectivity index (χ2v) is 8.60. The number of ether oxygens (including phenoxy) is 1. The summed E-state index contributed by atoms with van der Waals surface area (Å²) >= 11 is 5.99. The molecular weight excluding hydrogens is 428 g/mol. The van der Waals surface area contributed by atoms with Crippen LogP contribution in [0.15, 0.2) is 36.5 Å². The van der Waals surface area contributed by atoms with Gasteiger partial charge in [0.1, 0.15) is 5.15 Å². The number of hydrogen-bond acceptors (Lipinski definition) is 7. The Bertz CT molecular complexity index is 1060. The van der Waals surface area contributed by atoms with Gasteiger partial charge in [0.05, 0.1) is 7.11 Å². The number of likely N-dealkylation sites (tertiary alicyclic amines) is 1. The summed E-state index contributed by atoms with van der Waals surface area (Å²) in [5.41, 5.74) is 1.84. The average Bonchev–Trinajstić information content (AvgIpc) is 3.42. The first-order valence-electron chi connectivity index (χ1n) is 10.8. The van der Waals surface area contributed by atoms with Gasteiger partial charge in [-0.1, -0.05) is 24.6 Å². The first-order valence-corrected chi connectivity index (χ1v) is 11.2. The lowest BCUT2D eigenvalue weighted by Crippen LogP contribution is -2.25. The molecule has 3 heterocycles. The number of phenols is 1. The van der Waals surface area contributed by atoms with E-state index in [9.17, 15) is 5.11 Å². The number of rotatable bonds is 8. The molecule has 1 aliphatic rings. The molecule has 170 valence electrons. The van der Waals surface area contributed by atoms with Gasteiger partial charge >= 0.3 is 0 Å². The van der Waals surface area contributed by atoms with E-state index >= 15 is 0 Å². The van der Waals surface area contributed by atoms with E-state index in [4.69, 9.17) is 16.3 Å². The van der Waals surface area contributed by atoms with Gasteiger partial charge in [0.25, 0.3) is 0 Å². The minimum Gasteiger partial charge on any atom is -0.504 e. The van der Waals surface area contributed by atoms with Crippen LogP contribution in [0.2, 0.25) is 5.15 Å². The fraction of sp³-hybridized carbons (Fsp3) is 0.435. The van der Waals surface area contributed by atoms with Crippen LogP contribution in [0, 0.1) is 5.92 Å². The Labute approximate surface area is 193 Å². The molecule has 1 atom stereocenters. The van der Waals surface area contributed by atoms with Crippen molar-refractivity contribution in [2.45, 2.75) is 26.4 Å². The van der Waals surface area contributed by atoms with Gasteiger partial charge in [-0.05, 0) is 55.3 Å². The molecule has 0 amide bonds. The van der Waals surface area contributed by atoms with E-state index in [1.54, 1.807) is 31.5 Å². The van der Waals surface area contributed by atoms with Crippen molar-refractivity contribution >= 4 is 17.5 Å². The van der Waals surface area contributed by atoms with Crippen molar-refractivity contribution in [1.82, 2.24) is 24.6 Å². The van der Waals surface area contributed by atoms with E-state index in [1.807, 2.05) is 24.1 Å². The monoisotopic (exact) mass is 456 g/mol. The maximum absolute atomic E-state index is 10.1. The molecule has 0 saturated carbocycles. The van der Waals surface area contributed by atoms with Crippen molar-refractivity contribution in [3.8, 4) is 22.9 Å². The highest BCUT2D eigenvalue weighted by molar-refractivity contribution is 6.29. The number of phenolic OH excluding ortho intramolecular Hbond substituents is 1. The van der Waals surface area contributed by atoms with Gasteiger partial charge in [0.15, 0.2) is 17.3 Å². The van der Waals surface area contributed by atoms with Crippen molar-refractivity contribution in [3.63, 3.8) is 0 Å². The van der Waals surface area contributed by atoms with Crippen LogP contribution >= 0.6 is 11.6 Å². The van der Waals surface area contributed by atoms with Gasteiger partial charge < -0.3 is 19.6 Å². The van der Waals surface area contributed by atoms with Crippen LogP contribution in [0.3, 0.4) is 0 Å². The van der Waals surface area contributed by atoms with Gasteiger partial charge in [0, 0.05) is 38.4 Å². The molecule has 1 fully saturated rings. The van der Waals surface area contributed by atoms with E-state index in [0.717, 1.165) is 55.5 Å². The van der Waals surface area contributed by atoms with E-state index < -0.39 is 0 Å². The number of aromatic hydroxyl groups is 1. The Balaban J connectivity index is 1.63. The van der Waals surface area contributed by atoms with Crippen LogP contribution in [0.5, 0.6) is 11.5 Å². The second-order valence-electron chi connectivity index (χ2n) is 8.21. The van der Waals surface area contributed by atoms with Crippen molar-refractivity contribution in [2.24, 2.45) is 5.92 Å². The topological polar surface area (TPSA) is 79.5 Å². The average molecular weight is 457 g/mol. The summed E-state index contributed by atoms with van der Waals surface area (Å²) < 4.78 is 7.33. The Morgan fingerprint density at radius 2 is 2.09 bits per heavy atom. The lowest BCUT2D eigenvalue weighted by atomic mass is 10.1. The molecule has 0 radical (unpaired) electrons. The number of aromatic nitrogens is 4. The summed E-state index contributed by atoms with van der Waals surface area (Å²) in [5, 5.41) is 19.6. The quantitative estimate of drug-likeness (QED) is 0.518. The van der Waals surface area contributed by atoms with Crippen molar-refractivity contribution < 1.29 is 9.84 Å². The molecule has 8 nitrogen and oxygen atoms in total. The highest BCUT2D eigenvalue weighted by atomic mass is 35.5. The van der Waals surface area contributed by atoms with Crippen molar-refractivity contribution in [3.05, 3.63) is 47.2 Å². The number of nitrogens with zero attached hydrogens (tertiary/aromatic N) is 6. The lowest BCUT2D eigenvalue weighted by Gasteiger charge is -2.22.